The second kappa shape index (κ2) is 4.33. The largest absolute Gasteiger partial charge is 0.479 e. The highest BCUT2D eigenvalue weighted by molar-refractivity contribution is 9.10. The molecule has 1 heterocycles. The Kier molecular flexibility index (Phi) is 3.38. The molecule has 0 N–H and O–H groups in total. The van der Waals surface area contributed by atoms with E-state index in [1.165, 1.54) is 19.4 Å². The summed E-state index contributed by atoms with van der Waals surface area (Å²) in [6, 6.07) is 1.50. The van der Waals surface area contributed by atoms with E-state index in [4.69, 9.17) is 4.74 Å². The van der Waals surface area contributed by atoms with Gasteiger partial charge in [0.15, 0.2) is 0 Å². The van der Waals surface area contributed by atoms with Gasteiger partial charge in [-0.15, -0.1) is 4.36 Å². The normalized spacial score (nSPS) is 9.38. The van der Waals surface area contributed by atoms with Crippen LogP contribution in [0.2, 0.25) is 0 Å². The second-order valence-corrected chi connectivity index (χ2v) is 3.52. The topological polar surface area (TPSA) is 68.6 Å². The van der Waals surface area contributed by atoms with Crippen molar-refractivity contribution in [2.45, 2.75) is 0 Å². The molecule has 0 saturated heterocycles. The first-order chi connectivity index (χ1) is 6.13. The molecule has 5 nitrogen and oxygen atoms in total. The Bertz CT molecular complexity index is 435. The molecule has 0 spiro atoms. The fraction of sp³-hybridized carbons (Fsp3) is 0.167. The predicted molar refractivity (Wildman–Crippen MR) is 49.5 cm³/mol. The lowest BCUT2D eigenvalue weighted by Crippen LogP contribution is -1.87. The third-order valence-corrected chi connectivity index (χ3v) is 1.94. The average Bonchev–Trinajstić information content (AvgIpc) is 2.03. The molecule has 0 fully saturated rings. The number of rotatable bonds is 2. The number of nitrogens with zero attached hydrogens (tertiary/aromatic N) is 2. The molecule has 70 valence electrons. The Balaban J connectivity index is 3.32. The smallest absolute Gasteiger partial charge is 0.316 e. The number of aromatic nitrogens is 1. The summed E-state index contributed by atoms with van der Waals surface area (Å²) in [6.07, 6.45) is 1.49. The third-order valence-electron chi connectivity index (χ3n) is 1.17. The quantitative estimate of drug-likeness (QED) is 0.813. The maximum absolute atomic E-state index is 10.3. The molecule has 0 unspecified atom stereocenters. The first-order valence-electron chi connectivity index (χ1n) is 3.14. The van der Waals surface area contributed by atoms with Gasteiger partial charge in [0, 0.05) is 10.7 Å². The molecule has 0 amide bonds. The molecule has 13 heavy (non-hydrogen) atoms. The lowest BCUT2D eigenvalue weighted by molar-refractivity contribution is 0.399. The lowest BCUT2D eigenvalue weighted by atomic mass is 10.4. The molecule has 0 bridgehead atoms. The molecule has 1 aromatic heterocycles. The van der Waals surface area contributed by atoms with Crippen molar-refractivity contribution in [2.24, 2.45) is 4.36 Å². The molecular formula is C6H5BrN2O3S. The van der Waals surface area contributed by atoms with E-state index >= 15 is 0 Å². The standard InChI is InChI=1S/C6H5BrN2O3S/c1-12-6-5(9-13(10)11)2-4(7)3-8-6/h2-3H,1H3. The van der Waals surface area contributed by atoms with Crippen LogP contribution < -0.4 is 4.74 Å². The van der Waals surface area contributed by atoms with E-state index in [2.05, 4.69) is 25.3 Å². The minimum atomic E-state index is -2.50. The van der Waals surface area contributed by atoms with Crippen molar-refractivity contribution >= 4 is 32.1 Å². The van der Waals surface area contributed by atoms with Gasteiger partial charge >= 0.3 is 10.5 Å². The van der Waals surface area contributed by atoms with Crippen LogP contribution in [0.25, 0.3) is 0 Å². The van der Waals surface area contributed by atoms with Crippen molar-refractivity contribution in [3.05, 3.63) is 16.7 Å². The van der Waals surface area contributed by atoms with Crippen LogP contribution in [-0.2, 0) is 10.5 Å². The number of hydrogen-bond acceptors (Lipinski definition) is 5. The van der Waals surface area contributed by atoms with Crippen molar-refractivity contribution in [2.75, 3.05) is 7.11 Å². The monoisotopic (exact) mass is 264 g/mol. The molecule has 0 radical (unpaired) electrons. The van der Waals surface area contributed by atoms with Gasteiger partial charge in [-0.3, -0.25) is 0 Å². The fourth-order valence-corrected chi connectivity index (χ4v) is 1.33. The van der Waals surface area contributed by atoms with Gasteiger partial charge in [-0.2, -0.15) is 8.42 Å². The van der Waals surface area contributed by atoms with Gasteiger partial charge in [-0.05, 0) is 22.0 Å². The minimum Gasteiger partial charge on any atom is -0.479 e. The molecule has 0 aliphatic rings. The van der Waals surface area contributed by atoms with Crippen LogP contribution in [0.15, 0.2) is 21.1 Å². The summed E-state index contributed by atoms with van der Waals surface area (Å²) >= 11 is 3.14. The van der Waals surface area contributed by atoms with Crippen molar-refractivity contribution in [3.63, 3.8) is 0 Å². The van der Waals surface area contributed by atoms with E-state index in [0.29, 0.717) is 4.47 Å². The molecule has 0 aromatic carbocycles. The van der Waals surface area contributed by atoms with Crippen LogP contribution in [-0.4, -0.2) is 20.5 Å². The van der Waals surface area contributed by atoms with Gasteiger partial charge in [0.1, 0.15) is 5.69 Å². The zero-order valence-electron chi connectivity index (χ0n) is 6.56. The van der Waals surface area contributed by atoms with Crippen molar-refractivity contribution in [1.82, 2.24) is 4.98 Å². The zero-order chi connectivity index (χ0) is 9.84. The minimum absolute atomic E-state index is 0.171. The highest BCUT2D eigenvalue weighted by atomic mass is 79.9. The van der Waals surface area contributed by atoms with Crippen molar-refractivity contribution in [3.8, 4) is 5.88 Å². The molecule has 0 aliphatic heterocycles. The highest BCUT2D eigenvalue weighted by Gasteiger charge is 2.03. The first-order valence-corrected chi connectivity index (χ1v) is 4.96. The number of hydrogen-bond donors (Lipinski definition) is 0. The summed E-state index contributed by atoms with van der Waals surface area (Å²) in [6.45, 7) is 0. The SMILES string of the molecule is COc1ncc(Br)cc1N=S(=O)=O. The van der Waals surface area contributed by atoms with E-state index in [9.17, 15) is 8.42 Å². The van der Waals surface area contributed by atoms with Gasteiger partial charge in [0.2, 0.25) is 5.88 Å². The van der Waals surface area contributed by atoms with E-state index in [0.717, 1.165) is 0 Å². The number of ether oxygens (including phenoxy) is 1. The Morgan fingerprint density at radius 3 is 2.85 bits per heavy atom. The Labute approximate surface area is 84.6 Å². The van der Waals surface area contributed by atoms with E-state index in [-0.39, 0.29) is 11.6 Å². The summed E-state index contributed by atoms with van der Waals surface area (Å²) in [5.41, 5.74) is 0.171. The summed E-state index contributed by atoms with van der Waals surface area (Å²) in [4.78, 5) is 3.81. The summed E-state index contributed by atoms with van der Waals surface area (Å²) in [7, 11) is -1.11. The predicted octanol–water partition coefficient (Wildman–Crippen LogP) is 1.55. The van der Waals surface area contributed by atoms with Crippen LogP contribution in [0.3, 0.4) is 0 Å². The average molecular weight is 265 g/mol. The number of halogens is 1. The molecule has 0 aliphatic carbocycles. The Morgan fingerprint density at radius 2 is 2.31 bits per heavy atom. The molecular weight excluding hydrogens is 260 g/mol. The van der Waals surface area contributed by atoms with Crippen LogP contribution >= 0.6 is 15.9 Å². The maximum Gasteiger partial charge on any atom is 0.316 e. The van der Waals surface area contributed by atoms with Crippen LogP contribution in [0.5, 0.6) is 5.88 Å². The Morgan fingerprint density at radius 1 is 1.62 bits per heavy atom. The summed E-state index contributed by atoms with van der Waals surface area (Å²) in [5, 5.41) is 0. The van der Waals surface area contributed by atoms with E-state index < -0.39 is 10.5 Å². The third kappa shape index (κ3) is 2.78. The molecule has 1 aromatic rings. The summed E-state index contributed by atoms with van der Waals surface area (Å²) < 4.78 is 29.3. The molecule has 0 atom stereocenters. The Hall–Kier alpha value is -0.950. The fourth-order valence-electron chi connectivity index (χ4n) is 0.719. The molecule has 0 saturated carbocycles. The van der Waals surface area contributed by atoms with E-state index in [1.807, 2.05) is 0 Å². The molecule has 7 heteroatoms. The molecule has 1 rings (SSSR count). The van der Waals surface area contributed by atoms with Crippen LogP contribution in [0, 0.1) is 0 Å². The van der Waals surface area contributed by atoms with Crippen molar-refractivity contribution < 1.29 is 13.2 Å². The van der Waals surface area contributed by atoms with Gasteiger partial charge in [-0.1, -0.05) is 0 Å². The summed E-state index contributed by atoms with van der Waals surface area (Å²) in [5.74, 6) is 0.174. The number of methoxy groups -OCH3 is 1. The first kappa shape index (κ1) is 10.1. The number of pyridine rings is 1. The zero-order valence-corrected chi connectivity index (χ0v) is 8.96. The van der Waals surface area contributed by atoms with Gasteiger partial charge in [0.05, 0.1) is 7.11 Å². The van der Waals surface area contributed by atoms with Gasteiger partial charge in [0.25, 0.3) is 0 Å². The lowest BCUT2D eigenvalue weighted by Gasteiger charge is -2.00. The highest BCUT2D eigenvalue weighted by Crippen LogP contribution is 2.27. The maximum atomic E-state index is 10.3. The van der Waals surface area contributed by atoms with Gasteiger partial charge < -0.3 is 4.74 Å². The van der Waals surface area contributed by atoms with Gasteiger partial charge in [-0.25, -0.2) is 4.98 Å². The van der Waals surface area contributed by atoms with E-state index in [1.54, 1.807) is 0 Å². The van der Waals surface area contributed by atoms with Crippen molar-refractivity contribution in [1.29, 1.82) is 0 Å². The van der Waals surface area contributed by atoms with Crippen LogP contribution in [0.4, 0.5) is 5.69 Å². The van der Waals surface area contributed by atoms with Crippen LogP contribution in [0.1, 0.15) is 0 Å². The second-order valence-electron chi connectivity index (χ2n) is 1.99.